The molecule has 2 aromatic rings. The zero-order valence-corrected chi connectivity index (χ0v) is 17.3. The summed E-state index contributed by atoms with van der Waals surface area (Å²) in [5, 5.41) is 7.75. The molecular weight excluding hydrogens is 399 g/mol. The van der Waals surface area contributed by atoms with Crippen molar-refractivity contribution in [1.29, 1.82) is 0 Å². The van der Waals surface area contributed by atoms with Crippen LogP contribution in [0.4, 0.5) is 0 Å². The van der Waals surface area contributed by atoms with Crippen molar-refractivity contribution < 1.29 is 9.59 Å². The minimum atomic E-state index is -0.765. The van der Waals surface area contributed by atoms with E-state index >= 15 is 0 Å². The lowest BCUT2D eigenvalue weighted by Gasteiger charge is -2.11. The average Bonchev–Trinajstić information content (AvgIpc) is 3.22. The van der Waals surface area contributed by atoms with Gasteiger partial charge in [0.25, 0.3) is 0 Å². The number of hydrogen-bond donors (Lipinski definition) is 2. The van der Waals surface area contributed by atoms with Crippen molar-refractivity contribution in [3.05, 3.63) is 51.3 Å². The first-order valence-corrected chi connectivity index (χ1v) is 9.90. The van der Waals surface area contributed by atoms with Gasteiger partial charge in [0.05, 0.1) is 6.21 Å². The van der Waals surface area contributed by atoms with E-state index in [4.69, 9.17) is 23.2 Å². The zero-order chi connectivity index (χ0) is 20.3. The monoisotopic (exact) mass is 420 g/mol. The number of amides is 2. The number of benzene rings is 1. The number of nitrogens with one attached hydrogen (secondary N) is 2. The van der Waals surface area contributed by atoms with E-state index in [0.29, 0.717) is 10.0 Å². The average molecular weight is 421 g/mol. The van der Waals surface area contributed by atoms with Crippen LogP contribution in [0, 0.1) is 13.8 Å². The maximum absolute atomic E-state index is 11.9. The van der Waals surface area contributed by atoms with Gasteiger partial charge in [0, 0.05) is 38.7 Å². The highest BCUT2D eigenvalue weighted by molar-refractivity contribution is 6.35. The second-order valence-corrected chi connectivity index (χ2v) is 7.82. The first kappa shape index (κ1) is 20.4. The number of halogens is 2. The van der Waals surface area contributed by atoms with E-state index in [1.165, 1.54) is 6.21 Å². The van der Waals surface area contributed by atoms with Crippen LogP contribution < -0.4 is 10.7 Å². The van der Waals surface area contributed by atoms with Crippen molar-refractivity contribution in [2.75, 3.05) is 0 Å². The van der Waals surface area contributed by atoms with Crippen LogP contribution in [0.3, 0.4) is 0 Å². The Kier molecular flexibility index (Phi) is 6.42. The number of rotatable bonds is 4. The van der Waals surface area contributed by atoms with Gasteiger partial charge in [0.2, 0.25) is 0 Å². The molecule has 1 heterocycles. The van der Waals surface area contributed by atoms with Crippen molar-refractivity contribution in [2.24, 2.45) is 5.10 Å². The quantitative estimate of drug-likeness (QED) is 0.446. The van der Waals surface area contributed by atoms with E-state index in [2.05, 4.69) is 15.8 Å². The first-order chi connectivity index (χ1) is 13.3. The van der Waals surface area contributed by atoms with Gasteiger partial charge in [0.15, 0.2) is 0 Å². The summed E-state index contributed by atoms with van der Waals surface area (Å²) in [6.07, 6.45) is 5.52. The number of carbonyl (C=O) groups is 2. The van der Waals surface area contributed by atoms with Gasteiger partial charge in [-0.15, -0.1) is 0 Å². The third kappa shape index (κ3) is 4.75. The molecule has 8 heteroatoms. The zero-order valence-electron chi connectivity index (χ0n) is 15.8. The van der Waals surface area contributed by atoms with E-state index in [1.54, 1.807) is 6.07 Å². The summed E-state index contributed by atoms with van der Waals surface area (Å²) in [5.74, 6) is -1.42. The van der Waals surface area contributed by atoms with Gasteiger partial charge in [0.1, 0.15) is 0 Å². The highest BCUT2D eigenvalue weighted by Crippen LogP contribution is 2.26. The second-order valence-electron chi connectivity index (χ2n) is 6.94. The summed E-state index contributed by atoms with van der Waals surface area (Å²) >= 11 is 12.2. The second kappa shape index (κ2) is 8.80. The van der Waals surface area contributed by atoms with Crippen LogP contribution in [0.15, 0.2) is 29.4 Å². The van der Waals surface area contributed by atoms with Gasteiger partial charge in [-0.1, -0.05) is 36.0 Å². The number of hydrazone groups is 1. The summed E-state index contributed by atoms with van der Waals surface area (Å²) in [7, 11) is 0. The molecule has 148 valence electrons. The molecule has 0 saturated heterocycles. The SMILES string of the molecule is Cc1cc(C=NNC(=O)C(=O)NC2CCCC2)c(C)n1-c1cc(Cl)cc(Cl)c1. The Bertz CT molecular complexity index is 910. The Morgan fingerprint density at radius 2 is 1.71 bits per heavy atom. The van der Waals surface area contributed by atoms with Crippen molar-refractivity contribution >= 4 is 41.2 Å². The van der Waals surface area contributed by atoms with Gasteiger partial charge in [-0.3, -0.25) is 9.59 Å². The number of aryl methyl sites for hydroxylation is 1. The molecule has 2 amide bonds. The molecule has 2 N–H and O–H groups in total. The molecule has 0 unspecified atom stereocenters. The fraction of sp³-hybridized carbons (Fsp3) is 0.350. The van der Waals surface area contributed by atoms with Crippen LogP contribution >= 0.6 is 23.2 Å². The van der Waals surface area contributed by atoms with E-state index in [0.717, 1.165) is 48.3 Å². The largest absolute Gasteiger partial charge is 0.345 e. The molecule has 0 radical (unpaired) electrons. The molecule has 1 aromatic heterocycles. The topological polar surface area (TPSA) is 75.5 Å². The molecule has 6 nitrogen and oxygen atoms in total. The molecule has 1 fully saturated rings. The number of aromatic nitrogens is 1. The van der Waals surface area contributed by atoms with Crippen molar-refractivity contribution in [3.8, 4) is 5.69 Å². The van der Waals surface area contributed by atoms with Crippen molar-refractivity contribution in [1.82, 2.24) is 15.3 Å². The van der Waals surface area contributed by atoms with Crippen LogP contribution in [-0.4, -0.2) is 28.6 Å². The lowest BCUT2D eigenvalue weighted by atomic mass is 10.2. The number of nitrogens with zero attached hydrogens (tertiary/aromatic N) is 2. The van der Waals surface area contributed by atoms with Gasteiger partial charge in [-0.25, -0.2) is 5.43 Å². The molecule has 3 rings (SSSR count). The van der Waals surface area contributed by atoms with E-state index in [-0.39, 0.29) is 6.04 Å². The summed E-state index contributed by atoms with van der Waals surface area (Å²) in [6.45, 7) is 3.88. The minimum absolute atomic E-state index is 0.0886. The fourth-order valence-electron chi connectivity index (χ4n) is 3.52. The lowest BCUT2D eigenvalue weighted by Crippen LogP contribution is -2.42. The minimum Gasteiger partial charge on any atom is -0.345 e. The van der Waals surface area contributed by atoms with Crippen molar-refractivity contribution in [3.63, 3.8) is 0 Å². The predicted octanol–water partition coefficient (Wildman–Crippen LogP) is 3.91. The molecule has 28 heavy (non-hydrogen) atoms. The Labute approximate surface area is 173 Å². The Morgan fingerprint density at radius 3 is 2.36 bits per heavy atom. The molecule has 0 aliphatic heterocycles. The molecular formula is C20H22Cl2N4O2. The van der Waals surface area contributed by atoms with Gasteiger partial charge >= 0.3 is 11.8 Å². The standard InChI is InChI=1S/C20H22Cl2N4O2/c1-12-7-14(13(2)26(12)18-9-15(21)8-16(22)10-18)11-23-25-20(28)19(27)24-17-5-3-4-6-17/h7-11,17H,3-6H2,1-2H3,(H,24,27)(H,25,28). The van der Waals surface area contributed by atoms with E-state index in [9.17, 15) is 9.59 Å². The first-order valence-electron chi connectivity index (χ1n) is 9.14. The molecule has 1 saturated carbocycles. The number of hydrogen-bond acceptors (Lipinski definition) is 3. The van der Waals surface area contributed by atoms with Gasteiger partial charge < -0.3 is 9.88 Å². The van der Waals surface area contributed by atoms with Crippen molar-refractivity contribution in [2.45, 2.75) is 45.6 Å². The molecule has 1 aliphatic carbocycles. The Hall–Kier alpha value is -2.31. The molecule has 0 spiro atoms. The van der Waals surface area contributed by atoms with E-state index < -0.39 is 11.8 Å². The lowest BCUT2D eigenvalue weighted by molar-refractivity contribution is -0.139. The summed E-state index contributed by atoms with van der Waals surface area (Å²) < 4.78 is 1.99. The van der Waals surface area contributed by atoms with Crippen LogP contribution in [0.2, 0.25) is 10.0 Å². The Morgan fingerprint density at radius 1 is 1.07 bits per heavy atom. The van der Waals surface area contributed by atoms with Crippen LogP contribution in [-0.2, 0) is 9.59 Å². The van der Waals surface area contributed by atoms with Crippen LogP contribution in [0.5, 0.6) is 0 Å². The fourth-order valence-corrected chi connectivity index (χ4v) is 4.03. The Balaban J connectivity index is 1.69. The third-order valence-corrected chi connectivity index (χ3v) is 5.28. The molecule has 1 aromatic carbocycles. The van der Waals surface area contributed by atoms with E-state index in [1.807, 2.05) is 36.6 Å². The highest BCUT2D eigenvalue weighted by Gasteiger charge is 2.21. The number of carbonyl (C=O) groups excluding carboxylic acids is 2. The molecule has 0 atom stereocenters. The summed E-state index contributed by atoms with van der Waals surface area (Å²) in [6, 6.07) is 7.34. The normalized spacial score (nSPS) is 14.6. The maximum atomic E-state index is 11.9. The van der Waals surface area contributed by atoms with Crippen LogP contribution in [0.25, 0.3) is 5.69 Å². The predicted molar refractivity (Wildman–Crippen MR) is 111 cm³/mol. The highest BCUT2D eigenvalue weighted by atomic mass is 35.5. The molecule has 0 bridgehead atoms. The van der Waals surface area contributed by atoms with Crippen LogP contribution in [0.1, 0.15) is 42.6 Å². The van der Waals surface area contributed by atoms with Gasteiger partial charge in [-0.05, 0) is 51.0 Å². The third-order valence-electron chi connectivity index (χ3n) is 4.84. The summed E-state index contributed by atoms with van der Waals surface area (Å²) in [4.78, 5) is 23.8. The smallest absolute Gasteiger partial charge is 0.329 e. The molecule has 1 aliphatic rings. The van der Waals surface area contributed by atoms with Gasteiger partial charge in [-0.2, -0.15) is 5.10 Å². The maximum Gasteiger partial charge on any atom is 0.329 e. The summed E-state index contributed by atoms with van der Waals surface area (Å²) in [5.41, 5.74) is 5.80.